The summed E-state index contributed by atoms with van der Waals surface area (Å²) in [5, 5.41) is 7.95. The molecule has 0 unspecified atom stereocenters. The van der Waals surface area contributed by atoms with E-state index in [1.54, 1.807) is 0 Å². The van der Waals surface area contributed by atoms with Crippen LogP contribution < -0.4 is 0 Å². The SMILES string of the molecule is C#CCCC(=O)O.C#CCCC(=O)OCc1ccccc1. The maximum Gasteiger partial charge on any atom is 0.307 e. The van der Waals surface area contributed by atoms with Gasteiger partial charge >= 0.3 is 11.9 Å². The van der Waals surface area contributed by atoms with Crippen LogP contribution >= 0.6 is 0 Å². The van der Waals surface area contributed by atoms with Gasteiger partial charge in [-0.25, -0.2) is 0 Å². The smallest absolute Gasteiger partial charge is 0.307 e. The molecule has 0 heterocycles. The standard InChI is InChI=1S/C12H12O2.C5H6O2/c1-2-3-9-12(13)14-10-11-7-5-4-6-8-11;1-2-3-4-5(6)7/h1,4-8H,3,9-10H2;1H,3-4H2,(H,6,7). The van der Waals surface area contributed by atoms with Crippen molar-refractivity contribution in [2.24, 2.45) is 0 Å². The number of esters is 1. The molecule has 0 spiro atoms. The average Bonchev–Trinajstić information content (AvgIpc) is 2.50. The Hall–Kier alpha value is -2.72. The zero-order valence-electron chi connectivity index (χ0n) is 11.7. The normalized spacial score (nSPS) is 8.48. The molecule has 4 nitrogen and oxygen atoms in total. The number of carboxylic acid groups (broad SMARTS) is 1. The molecule has 0 aromatic heterocycles. The van der Waals surface area contributed by atoms with Gasteiger partial charge < -0.3 is 9.84 Å². The number of hydrogen-bond donors (Lipinski definition) is 1. The number of carbonyl (C=O) groups is 2. The molecule has 0 atom stereocenters. The van der Waals surface area contributed by atoms with Crippen LogP contribution in [-0.2, 0) is 20.9 Å². The zero-order valence-corrected chi connectivity index (χ0v) is 11.7. The van der Waals surface area contributed by atoms with E-state index in [-0.39, 0.29) is 12.4 Å². The van der Waals surface area contributed by atoms with Crippen LogP contribution in [0.2, 0.25) is 0 Å². The molecule has 0 radical (unpaired) electrons. The van der Waals surface area contributed by atoms with Gasteiger partial charge in [-0.05, 0) is 5.56 Å². The summed E-state index contributed by atoms with van der Waals surface area (Å²) in [4.78, 5) is 20.7. The van der Waals surface area contributed by atoms with E-state index >= 15 is 0 Å². The first-order valence-corrected chi connectivity index (χ1v) is 6.38. The number of terminal acetylenes is 2. The quantitative estimate of drug-likeness (QED) is 0.645. The minimum absolute atomic E-state index is 0.0799. The lowest BCUT2D eigenvalue weighted by molar-refractivity contribution is -0.144. The molecule has 1 rings (SSSR count). The van der Waals surface area contributed by atoms with Gasteiger partial charge in [-0.1, -0.05) is 30.3 Å². The molecule has 0 amide bonds. The number of benzene rings is 1. The average molecular weight is 286 g/mol. The molecule has 0 aliphatic heterocycles. The first kappa shape index (κ1) is 18.3. The summed E-state index contributed by atoms with van der Waals surface area (Å²) in [6, 6.07) is 9.56. The molecule has 110 valence electrons. The molecular formula is C17H18O4. The lowest BCUT2D eigenvalue weighted by Crippen LogP contribution is -2.03. The predicted molar refractivity (Wildman–Crippen MR) is 80.0 cm³/mol. The van der Waals surface area contributed by atoms with Crippen molar-refractivity contribution in [1.29, 1.82) is 0 Å². The van der Waals surface area contributed by atoms with Gasteiger partial charge in [-0.3, -0.25) is 9.59 Å². The second-order valence-electron chi connectivity index (χ2n) is 3.95. The lowest BCUT2D eigenvalue weighted by Gasteiger charge is -2.02. The van der Waals surface area contributed by atoms with Crippen LogP contribution in [0.3, 0.4) is 0 Å². The summed E-state index contributed by atoms with van der Waals surface area (Å²) in [5.41, 5.74) is 0.988. The molecule has 0 bridgehead atoms. The fraction of sp³-hybridized carbons (Fsp3) is 0.294. The Morgan fingerprint density at radius 2 is 1.62 bits per heavy atom. The number of ether oxygens (including phenoxy) is 1. The Morgan fingerprint density at radius 3 is 2.10 bits per heavy atom. The van der Waals surface area contributed by atoms with E-state index < -0.39 is 5.97 Å². The molecule has 0 aliphatic carbocycles. The van der Waals surface area contributed by atoms with Gasteiger partial charge in [0.2, 0.25) is 0 Å². The van der Waals surface area contributed by atoms with Gasteiger partial charge in [0, 0.05) is 12.8 Å². The Balaban J connectivity index is 0.000000486. The van der Waals surface area contributed by atoms with E-state index in [1.807, 2.05) is 30.3 Å². The van der Waals surface area contributed by atoms with Crippen LogP contribution in [0.15, 0.2) is 30.3 Å². The van der Waals surface area contributed by atoms with Crippen molar-refractivity contribution in [3.8, 4) is 24.7 Å². The number of hydrogen-bond acceptors (Lipinski definition) is 3. The van der Waals surface area contributed by atoms with E-state index in [1.165, 1.54) is 0 Å². The molecule has 1 N–H and O–H groups in total. The van der Waals surface area contributed by atoms with E-state index in [4.69, 9.17) is 22.7 Å². The van der Waals surface area contributed by atoms with Crippen molar-refractivity contribution in [1.82, 2.24) is 0 Å². The van der Waals surface area contributed by atoms with Gasteiger partial charge in [0.25, 0.3) is 0 Å². The highest BCUT2D eigenvalue weighted by Gasteiger charge is 2.01. The monoisotopic (exact) mass is 286 g/mol. The number of carboxylic acids is 1. The van der Waals surface area contributed by atoms with Crippen molar-refractivity contribution in [3.05, 3.63) is 35.9 Å². The summed E-state index contributed by atoms with van der Waals surface area (Å²) in [5.74, 6) is 3.54. The third-order valence-corrected chi connectivity index (χ3v) is 2.20. The first-order chi connectivity index (χ1) is 10.1. The van der Waals surface area contributed by atoms with Gasteiger partial charge in [-0.2, -0.15) is 0 Å². The second-order valence-corrected chi connectivity index (χ2v) is 3.95. The van der Waals surface area contributed by atoms with Gasteiger partial charge in [0.15, 0.2) is 0 Å². The molecule has 21 heavy (non-hydrogen) atoms. The van der Waals surface area contributed by atoms with Gasteiger partial charge in [-0.15, -0.1) is 24.7 Å². The molecular weight excluding hydrogens is 268 g/mol. The number of aliphatic carboxylic acids is 1. The molecule has 0 saturated heterocycles. The van der Waals surface area contributed by atoms with Gasteiger partial charge in [0.05, 0.1) is 12.8 Å². The van der Waals surface area contributed by atoms with E-state index in [0.29, 0.717) is 25.9 Å². The Kier molecular flexibility index (Phi) is 10.7. The molecule has 0 saturated carbocycles. The number of rotatable bonds is 6. The van der Waals surface area contributed by atoms with Crippen LogP contribution in [0.1, 0.15) is 31.2 Å². The van der Waals surface area contributed by atoms with Crippen molar-refractivity contribution in [2.75, 3.05) is 0 Å². The molecule has 1 aromatic rings. The van der Waals surface area contributed by atoms with E-state index in [2.05, 4.69) is 11.8 Å². The second kappa shape index (κ2) is 12.3. The maximum absolute atomic E-state index is 11.1. The van der Waals surface area contributed by atoms with Crippen LogP contribution in [0.5, 0.6) is 0 Å². The largest absolute Gasteiger partial charge is 0.481 e. The molecule has 0 fully saturated rings. The lowest BCUT2D eigenvalue weighted by atomic mass is 10.2. The third-order valence-electron chi connectivity index (χ3n) is 2.20. The summed E-state index contributed by atoms with van der Waals surface area (Å²) >= 11 is 0. The summed E-state index contributed by atoms with van der Waals surface area (Å²) in [6.45, 7) is 0.324. The summed E-state index contributed by atoms with van der Waals surface area (Å²) in [6.07, 6.45) is 10.9. The van der Waals surface area contributed by atoms with Crippen LogP contribution in [-0.4, -0.2) is 17.0 Å². The summed E-state index contributed by atoms with van der Waals surface area (Å²) < 4.78 is 5.00. The predicted octanol–water partition coefficient (Wildman–Crippen LogP) is 2.63. The van der Waals surface area contributed by atoms with Crippen LogP contribution in [0.25, 0.3) is 0 Å². The molecule has 4 heteroatoms. The fourth-order valence-corrected chi connectivity index (χ4v) is 1.16. The highest BCUT2D eigenvalue weighted by Crippen LogP contribution is 2.02. The third kappa shape index (κ3) is 12.1. The highest BCUT2D eigenvalue weighted by atomic mass is 16.5. The Bertz CT molecular complexity index is 506. The Morgan fingerprint density at radius 1 is 1.05 bits per heavy atom. The van der Waals surface area contributed by atoms with E-state index in [0.717, 1.165) is 5.56 Å². The first-order valence-electron chi connectivity index (χ1n) is 6.38. The van der Waals surface area contributed by atoms with Gasteiger partial charge in [0.1, 0.15) is 6.61 Å². The minimum atomic E-state index is -0.835. The van der Waals surface area contributed by atoms with Crippen LogP contribution in [0.4, 0.5) is 0 Å². The highest BCUT2D eigenvalue weighted by molar-refractivity contribution is 5.69. The van der Waals surface area contributed by atoms with Crippen molar-refractivity contribution < 1.29 is 19.4 Å². The maximum atomic E-state index is 11.1. The van der Waals surface area contributed by atoms with E-state index in [9.17, 15) is 9.59 Å². The van der Waals surface area contributed by atoms with Crippen LogP contribution in [0, 0.1) is 24.7 Å². The minimum Gasteiger partial charge on any atom is -0.481 e. The zero-order chi connectivity index (χ0) is 15.9. The molecule has 0 aliphatic rings. The number of carbonyl (C=O) groups excluding carboxylic acids is 1. The Labute approximate surface area is 125 Å². The van der Waals surface area contributed by atoms with Crippen molar-refractivity contribution >= 4 is 11.9 Å². The fourth-order valence-electron chi connectivity index (χ4n) is 1.16. The van der Waals surface area contributed by atoms with Crippen molar-refractivity contribution in [2.45, 2.75) is 32.3 Å². The molecule has 1 aromatic carbocycles. The topological polar surface area (TPSA) is 63.6 Å². The summed E-state index contributed by atoms with van der Waals surface area (Å²) in [7, 11) is 0. The van der Waals surface area contributed by atoms with Crippen molar-refractivity contribution in [3.63, 3.8) is 0 Å².